The largest absolute Gasteiger partial charge is 0.386 e. The maximum absolute atomic E-state index is 11.8. The summed E-state index contributed by atoms with van der Waals surface area (Å²) in [5, 5.41) is 10.6. The summed E-state index contributed by atoms with van der Waals surface area (Å²) in [5.41, 5.74) is 5.51. The molecule has 4 N–H and O–H groups in total. The lowest BCUT2D eigenvalue weighted by molar-refractivity contribution is -0.300. The smallest absolute Gasteiger partial charge is 0.280 e. The molecule has 0 saturated carbocycles. The van der Waals surface area contributed by atoms with Crippen molar-refractivity contribution in [1.29, 1.82) is 0 Å². The number of aromatic nitrogens is 4. The number of imidazole rings is 1. The van der Waals surface area contributed by atoms with E-state index in [1.807, 2.05) is 0 Å². The average Bonchev–Trinajstić information content (AvgIpc) is 3.00. The van der Waals surface area contributed by atoms with Gasteiger partial charge >= 0.3 is 0 Å². The van der Waals surface area contributed by atoms with E-state index in [2.05, 4.69) is 15.0 Å². The number of ether oxygens (including phenoxy) is 3. The van der Waals surface area contributed by atoms with Crippen LogP contribution in [0, 0.1) is 0 Å². The summed E-state index contributed by atoms with van der Waals surface area (Å²) in [6.07, 6.45) is -1.31. The molecule has 4 heterocycles. The zero-order valence-electron chi connectivity index (χ0n) is 12.6. The highest BCUT2D eigenvalue weighted by Gasteiger charge is 2.51. The molecule has 2 aromatic heterocycles. The molecular weight excluding hydrogens is 306 g/mol. The van der Waals surface area contributed by atoms with E-state index in [9.17, 15) is 9.90 Å². The van der Waals surface area contributed by atoms with E-state index in [0.29, 0.717) is 6.61 Å². The molecule has 2 aliphatic rings. The number of H-pyrrole nitrogens is 1. The lowest BCUT2D eigenvalue weighted by Crippen LogP contribution is -2.50. The number of nitrogens with one attached hydrogen (secondary N) is 1. The van der Waals surface area contributed by atoms with Gasteiger partial charge in [-0.1, -0.05) is 0 Å². The topological polar surface area (TPSA) is 138 Å². The molecule has 2 saturated heterocycles. The molecule has 2 aliphatic heterocycles. The third kappa shape index (κ3) is 2.22. The van der Waals surface area contributed by atoms with Crippen LogP contribution in [0.4, 0.5) is 5.95 Å². The van der Waals surface area contributed by atoms with Crippen LogP contribution in [0.2, 0.25) is 0 Å². The molecule has 10 nitrogen and oxygen atoms in total. The number of hydrogen-bond donors (Lipinski definition) is 3. The van der Waals surface area contributed by atoms with Crippen LogP contribution in [-0.2, 0) is 14.2 Å². The Bertz CT molecular complexity index is 815. The van der Waals surface area contributed by atoms with Crippen molar-refractivity contribution in [3.8, 4) is 0 Å². The number of aliphatic hydroxyl groups excluding tert-OH is 1. The van der Waals surface area contributed by atoms with Gasteiger partial charge in [-0.05, 0) is 13.8 Å². The van der Waals surface area contributed by atoms with Crippen LogP contribution in [0.15, 0.2) is 11.1 Å². The van der Waals surface area contributed by atoms with E-state index in [1.54, 1.807) is 13.8 Å². The van der Waals surface area contributed by atoms with Gasteiger partial charge in [0.25, 0.3) is 5.56 Å². The Balaban J connectivity index is 1.73. The Hall–Kier alpha value is -2.01. The molecule has 0 bridgehead atoms. The molecule has 2 fully saturated rings. The number of nitrogens with two attached hydrogens (primary N) is 1. The molecule has 0 spiro atoms. The minimum Gasteiger partial charge on any atom is -0.386 e. The Labute approximate surface area is 130 Å². The Morgan fingerprint density at radius 3 is 3.09 bits per heavy atom. The SMILES string of the molecule is CC1(C)OC[C@@H]2O[C@@H](n3cnc4c(=O)[nH]c(N)nc43)[C@@H](O)[C@H]2O1. The van der Waals surface area contributed by atoms with Gasteiger partial charge in [0, 0.05) is 0 Å². The minimum absolute atomic E-state index is 0.0325. The van der Waals surface area contributed by atoms with Crippen LogP contribution in [-0.4, -0.2) is 55.3 Å². The number of aromatic amines is 1. The van der Waals surface area contributed by atoms with Crippen LogP contribution in [0.3, 0.4) is 0 Å². The molecule has 0 unspecified atom stereocenters. The summed E-state index contributed by atoms with van der Waals surface area (Å²) in [6, 6.07) is 0. The van der Waals surface area contributed by atoms with Gasteiger partial charge in [-0.15, -0.1) is 0 Å². The van der Waals surface area contributed by atoms with E-state index >= 15 is 0 Å². The first-order chi connectivity index (χ1) is 10.9. The summed E-state index contributed by atoms with van der Waals surface area (Å²) in [4.78, 5) is 22.3. The third-order valence-corrected chi connectivity index (χ3v) is 4.05. The highest BCUT2D eigenvalue weighted by Crippen LogP contribution is 2.38. The van der Waals surface area contributed by atoms with Crippen molar-refractivity contribution in [3.63, 3.8) is 0 Å². The highest BCUT2D eigenvalue weighted by atomic mass is 16.7. The maximum atomic E-state index is 11.8. The van der Waals surface area contributed by atoms with Gasteiger partial charge < -0.3 is 25.1 Å². The first-order valence-corrected chi connectivity index (χ1v) is 7.23. The third-order valence-electron chi connectivity index (χ3n) is 4.05. The lowest BCUT2D eigenvalue weighted by atomic mass is 10.1. The fourth-order valence-corrected chi connectivity index (χ4v) is 3.00. The predicted molar refractivity (Wildman–Crippen MR) is 77.4 cm³/mol. The number of nitrogen functional groups attached to an aromatic ring is 1. The second-order valence-corrected chi connectivity index (χ2v) is 6.12. The monoisotopic (exact) mass is 323 g/mol. The number of rotatable bonds is 1. The first kappa shape index (κ1) is 14.6. The Morgan fingerprint density at radius 1 is 1.52 bits per heavy atom. The molecule has 0 amide bonds. The quantitative estimate of drug-likeness (QED) is 0.614. The van der Waals surface area contributed by atoms with Crippen molar-refractivity contribution in [1.82, 2.24) is 19.5 Å². The van der Waals surface area contributed by atoms with Crippen LogP contribution in [0.5, 0.6) is 0 Å². The van der Waals surface area contributed by atoms with Gasteiger partial charge in [-0.3, -0.25) is 14.3 Å². The van der Waals surface area contributed by atoms with Gasteiger partial charge in [0.1, 0.15) is 18.3 Å². The summed E-state index contributed by atoms with van der Waals surface area (Å²) in [7, 11) is 0. The summed E-state index contributed by atoms with van der Waals surface area (Å²) >= 11 is 0. The van der Waals surface area contributed by atoms with Gasteiger partial charge in [0.05, 0.1) is 12.9 Å². The zero-order chi connectivity index (χ0) is 16.4. The maximum Gasteiger partial charge on any atom is 0.280 e. The Kier molecular flexibility index (Phi) is 3.00. The van der Waals surface area contributed by atoms with Crippen LogP contribution < -0.4 is 11.3 Å². The first-order valence-electron chi connectivity index (χ1n) is 7.23. The fourth-order valence-electron chi connectivity index (χ4n) is 3.00. The van der Waals surface area contributed by atoms with Gasteiger partial charge in [0.15, 0.2) is 23.2 Å². The summed E-state index contributed by atoms with van der Waals surface area (Å²) in [5.74, 6) is -0.827. The molecule has 2 aromatic rings. The van der Waals surface area contributed by atoms with Crippen molar-refractivity contribution in [2.45, 2.75) is 44.2 Å². The number of hydrogen-bond acceptors (Lipinski definition) is 8. The standard InChI is InChI=1S/C13H17N5O5/c1-13(2)21-3-5-8(23-13)7(19)11(22-5)18-4-15-6-9(18)16-12(14)17-10(6)20/h4-5,7-8,11,19H,3H2,1-2H3,(H3,14,16,17,20)/t5-,7-,8-,11+/m0/s1. The van der Waals surface area contributed by atoms with E-state index in [-0.39, 0.29) is 17.1 Å². The molecule has 0 aliphatic carbocycles. The second-order valence-electron chi connectivity index (χ2n) is 6.12. The minimum atomic E-state index is -0.956. The Morgan fingerprint density at radius 2 is 2.30 bits per heavy atom. The molecule has 4 atom stereocenters. The van der Waals surface area contributed by atoms with Crippen LogP contribution in [0.25, 0.3) is 11.2 Å². The van der Waals surface area contributed by atoms with E-state index in [0.717, 1.165) is 0 Å². The van der Waals surface area contributed by atoms with Crippen LogP contribution in [0.1, 0.15) is 20.1 Å². The van der Waals surface area contributed by atoms with Gasteiger partial charge in [0.2, 0.25) is 5.95 Å². The molecule has 4 rings (SSSR count). The van der Waals surface area contributed by atoms with Crippen molar-refractivity contribution in [2.75, 3.05) is 12.3 Å². The average molecular weight is 323 g/mol. The fraction of sp³-hybridized carbons (Fsp3) is 0.615. The molecular formula is C13H17N5O5. The zero-order valence-corrected chi connectivity index (χ0v) is 12.6. The normalized spacial score (nSPS) is 33.0. The van der Waals surface area contributed by atoms with Gasteiger partial charge in [-0.25, -0.2) is 4.98 Å². The number of fused-ring (bicyclic) bond motifs is 2. The van der Waals surface area contributed by atoms with Crippen LogP contribution >= 0.6 is 0 Å². The second kappa shape index (κ2) is 4.74. The predicted octanol–water partition coefficient (Wildman–Crippen LogP) is -0.888. The highest BCUT2D eigenvalue weighted by molar-refractivity contribution is 5.70. The lowest BCUT2D eigenvalue weighted by Gasteiger charge is -2.37. The molecule has 23 heavy (non-hydrogen) atoms. The molecule has 10 heteroatoms. The molecule has 0 aromatic carbocycles. The summed E-state index contributed by atoms with van der Waals surface area (Å²) < 4.78 is 18.6. The van der Waals surface area contributed by atoms with Gasteiger partial charge in [-0.2, -0.15) is 4.98 Å². The van der Waals surface area contributed by atoms with E-state index in [1.165, 1.54) is 10.9 Å². The number of anilines is 1. The van der Waals surface area contributed by atoms with E-state index in [4.69, 9.17) is 19.9 Å². The van der Waals surface area contributed by atoms with Crippen molar-refractivity contribution in [2.24, 2.45) is 0 Å². The molecule has 124 valence electrons. The van der Waals surface area contributed by atoms with Crippen molar-refractivity contribution in [3.05, 3.63) is 16.7 Å². The van der Waals surface area contributed by atoms with E-state index < -0.39 is 35.9 Å². The number of aliphatic hydroxyl groups is 1. The summed E-state index contributed by atoms with van der Waals surface area (Å²) in [6.45, 7) is 3.85. The number of nitrogens with zero attached hydrogens (tertiary/aromatic N) is 3. The molecule has 0 radical (unpaired) electrons. The van der Waals surface area contributed by atoms with Crippen molar-refractivity contribution < 1.29 is 19.3 Å². The van der Waals surface area contributed by atoms with Crippen molar-refractivity contribution >= 4 is 17.1 Å².